The molecule has 0 bridgehead atoms. The number of nitrogens with two attached hydrogens (primary N) is 1. The van der Waals surface area contributed by atoms with E-state index in [2.05, 4.69) is 0 Å². The van der Waals surface area contributed by atoms with Crippen molar-refractivity contribution in [3.63, 3.8) is 0 Å². The van der Waals surface area contributed by atoms with Crippen LogP contribution >= 0.6 is 0 Å². The van der Waals surface area contributed by atoms with Gasteiger partial charge >= 0.3 is 0 Å². The van der Waals surface area contributed by atoms with E-state index in [1.54, 1.807) is 0 Å². The zero-order valence-electron chi connectivity index (χ0n) is 12.1. The maximum atomic E-state index is 6.31. The molecule has 110 valence electrons. The van der Waals surface area contributed by atoms with Crippen LogP contribution in [0.3, 0.4) is 0 Å². The van der Waals surface area contributed by atoms with E-state index in [9.17, 15) is 0 Å². The summed E-state index contributed by atoms with van der Waals surface area (Å²) in [6.45, 7) is 1.57. The first kappa shape index (κ1) is 13.8. The zero-order valence-corrected chi connectivity index (χ0v) is 12.1. The van der Waals surface area contributed by atoms with Crippen molar-refractivity contribution in [2.75, 3.05) is 13.2 Å². The Morgan fingerprint density at radius 2 is 1.79 bits per heavy atom. The van der Waals surface area contributed by atoms with Crippen LogP contribution in [0.15, 0.2) is 0 Å². The Balaban J connectivity index is 1.44. The van der Waals surface area contributed by atoms with Crippen LogP contribution in [-0.2, 0) is 9.47 Å². The second-order valence-electron chi connectivity index (χ2n) is 6.82. The van der Waals surface area contributed by atoms with Crippen molar-refractivity contribution >= 4 is 0 Å². The predicted molar refractivity (Wildman–Crippen MR) is 76.1 cm³/mol. The van der Waals surface area contributed by atoms with Gasteiger partial charge in [-0.2, -0.15) is 0 Å². The summed E-state index contributed by atoms with van der Waals surface area (Å²) in [5, 5.41) is 0. The van der Waals surface area contributed by atoms with Crippen LogP contribution in [0.4, 0.5) is 0 Å². The lowest BCUT2D eigenvalue weighted by Gasteiger charge is -2.31. The summed E-state index contributed by atoms with van der Waals surface area (Å²) in [5.74, 6) is 0.579. The fraction of sp³-hybridized carbons (Fsp3) is 1.00. The molecule has 19 heavy (non-hydrogen) atoms. The molecule has 0 amide bonds. The molecule has 3 atom stereocenters. The van der Waals surface area contributed by atoms with Gasteiger partial charge in [-0.25, -0.2) is 0 Å². The maximum Gasteiger partial charge on any atom is 0.0817 e. The third-order valence-electron chi connectivity index (χ3n) is 5.49. The summed E-state index contributed by atoms with van der Waals surface area (Å²) in [5.41, 5.74) is 6.10. The Hall–Kier alpha value is -0.120. The van der Waals surface area contributed by atoms with E-state index in [1.807, 2.05) is 0 Å². The van der Waals surface area contributed by atoms with E-state index in [-0.39, 0.29) is 5.60 Å². The SMILES string of the molecule is NCC1CCCCC1OCC1CCC2(CCCC2)O1. The molecule has 3 aliphatic rings. The molecule has 3 fully saturated rings. The molecule has 2 saturated carbocycles. The van der Waals surface area contributed by atoms with E-state index < -0.39 is 0 Å². The van der Waals surface area contributed by atoms with E-state index in [0.29, 0.717) is 18.1 Å². The standard InChI is InChI=1S/C16H29NO2/c17-11-13-5-1-2-6-15(13)18-12-14-7-10-16(19-14)8-3-4-9-16/h13-15H,1-12,17H2. The Kier molecular flexibility index (Phi) is 4.45. The van der Waals surface area contributed by atoms with Crippen LogP contribution in [0.5, 0.6) is 0 Å². The molecular weight excluding hydrogens is 238 g/mol. The molecular formula is C16H29NO2. The average Bonchev–Trinajstić information content (AvgIpc) is 3.07. The molecule has 3 heteroatoms. The molecule has 0 aromatic heterocycles. The molecule has 1 spiro atoms. The highest BCUT2D eigenvalue weighted by Crippen LogP contribution is 2.43. The quantitative estimate of drug-likeness (QED) is 0.851. The fourth-order valence-corrected chi connectivity index (χ4v) is 4.29. The minimum Gasteiger partial charge on any atom is -0.375 e. The minimum absolute atomic E-state index is 0.244. The number of hydrogen-bond acceptors (Lipinski definition) is 3. The Morgan fingerprint density at radius 3 is 2.58 bits per heavy atom. The summed E-state index contributed by atoms with van der Waals surface area (Å²) in [6, 6.07) is 0. The van der Waals surface area contributed by atoms with Crippen molar-refractivity contribution in [2.24, 2.45) is 11.7 Å². The molecule has 2 N–H and O–H groups in total. The molecule has 1 aliphatic heterocycles. The third kappa shape index (κ3) is 3.14. The molecule has 0 aromatic rings. The Labute approximate surface area is 117 Å². The van der Waals surface area contributed by atoms with E-state index in [4.69, 9.17) is 15.2 Å². The summed E-state index contributed by atoms with van der Waals surface area (Å²) < 4.78 is 12.5. The highest BCUT2D eigenvalue weighted by Gasteiger charge is 2.42. The van der Waals surface area contributed by atoms with Gasteiger partial charge in [0.25, 0.3) is 0 Å². The molecule has 3 rings (SSSR count). The highest BCUT2D eigenvalue weighted by atomic mass is 16.6. The normalized spacial score (nSPS) is 38.1. The van der Waals surface area contributed by atoms with Crippen LogP contribution < -0.4 is 5.73 Å². The highest BCUT2D eigenvalue weighted by molar-refractivity contribution is 4.93. The largest absolute Gasteiger partial charge is 0.375 e. The monoisotopic (exact) mass is 267 g/mol. The lowest BCUT2D eigenvalue weighted by atomic mass is 9.86. The van der Waals surface area contributed by atoms with Crippen LogP contribution in [0.2, 0.25) is 0 Å². The Bertz CT molecular complexity index is 288. The summed E-state index contributed by atoms with van der Waals surface area (Å²) in [7, 11) is 0. The Morgan fingerprint density at radius 1 is 1.00 bits per heavy atom. The van der Waals surface area contributed by atoms with Crippen molar-refractivity contribution < 1.29 is 9.47 Å². The maximum absolute atomic E-state index is 6.31. The molecule has 0 aromatic carbocycles. The zero-order chi connectivity index (χ0) is 13.1. The van der Waals surface area contributed by atoms with Gasteiger partial charge in [-0.3, -0.25) is 0 Å². The number of hydrogen-bond donors (Lipinski definition) is 1. The van der Waals surface area contributed by atoms with Gasteiger partial charge in [0, 0.05) is 0 Å². The summed E-state index contributed by atoms with van der Waals surface area (Å²) in [4.78, 5) is 0. The number of ether oxygens (including phenoxy) is 2. The minimum atomic E-state index is 0.244. The smallest absolute Gasteiger partial charge is 0.0817 e. The molecule has 2 aliphatic carbocycles. The van der Waals surface area contributed by atoms with Gasteiger partial charge in [0.15, 0.2) is 0 Å². The van der Waals surface area contributed by atoms with E-state index in [1.165, 1.54) is 64.2 Å². The molecule has 3 nitrogen and oxygen atoms in total. The van der Waals surface area contributed by atoms with Gasteiger partial charge in [0.2, 0.25) is 0 Å². The lowest BCUT2D eigenvalue weighted by molar-refractivity contribution is -0.0958. The molecule has 1 heterocycles. The van der Waals surface area contributed by atoms with Gasteiger partial charge in [-0.1, -0.05) is 25.7 Å². The molecule has 0 radical (unpaired) electrons. The van der Waals surface area contributed by atoms with Crippen LogP contribution in [-0.4, -0.2) is 31.0 Å². The van der Waals surface area contributed by atoms with Gasteiger partial charge in [-0.15, -0.1) is 0 Å². The first-order valence-electron chi connectivity index (χ1n) is 8.31. The summed E-state index contributed by atoms with van der Waals surface area (Å²) in [6.07, 6.45) is 13.5. The van der Waals surface area contributed by atoms with Crippen molar-refractivity contribution in [1.82, 2.24) is 0 Å². The van der Waals surface area contributed by atoms with E-state index in [0.717, 1.165) is 13.2 Å². The third-order valence-corrected chi connectivity index (χ3v) is 5.49. The number of rotatable bonds is 4. The van der Waals surface area contributed by atoms with Gasteiger partial charge in [0.05, 0.1) is 24.4 Å². The average molecular weight is 267 g/mol. The van der Waals surface area contributed by atoms with Gasteiger partial charge in [-0.05, 0) is 51.0 Å². The molecule has 1 saturated heterocycles. The second kappa shape index (κ2) is 6.11. The van der Waals surface area contributed by atoms with Crippen LogP contribution in [0.1, 0.15) is 64.2 Å². The van der Waals surface area contributed by atoms with Crippen molar-refractivity contribution in [2.45, 2.75) is 82.0 Å². The van der Waals surface area contributed by atoms with E-state index >= 15 is 0 Å². The topological polar surface area (TPSA) is 44.5 Å². The van der Waals surface area contributed by atoms with Gasteiger partial charge < -0.3 is 15.2 Å². The summed E-state index contributed by atoms with van der Waals surface area (Å²) >= 11 is 0. The molecule has 3 unspecified atom stereocenters. The first-order chi connectivity index (χ1) is 9.31. The first-order valence-corrected chi connectivity index (χ1v) is 8.31. The van der Waals surface area contributed by atoms with Crippen LogP contribution in [0.25, 0.3) is 0 Å². The van der Waals surface area contributed by atoms with Crippen LogP contribution in [0, 0.1) is 5.92 Å². The van der Waals surface area contributed by atoms with Crippen molar-refractivity contribution in [1.29, 1.82) is 0 Å². The van der Waals surface area contributed by atoms with Gasteiger partial charge in [0.1, 0.15) is 0 Å². The second-order valence-corrected chi connectivity index (χ2v) is 6.82. The lowest BCUT2D eigenvalue weighted by Crippen LogP contribution is -2.35. The predicted octanol–water partition coefficient (Wildman–Crippen LogP) is 3.01. The van der Waals surface area contributed by atoms with Crippen molar-refractivity contribution in [3.05, 3.63) is 0 Å². The van der Waals surface area contributed by atoms with Crippen molar-refractivity contribution in [3.8, 4) is 0 Å². The fourth-order valence-electron chi connectivity index (χ4n) is 4.29.